The number of Topliss-reactive ketones (excluding diaryl/α,β-unsaturated/α-hetero) is 1. The highest BCUT2D eigenvalue weighted by molar-refractivity contribution is 6.06. The van der Waals surface area contributed by atoms with E-state index in [9.17, 15) is 4.79 Å². The van der Waals surface area contributed by atoms with Crippen molar-refractivity contribution in [3.63, 3.8) is 0 Å². The van der Waals surface area contributed by atoms with E-state index in [4.69, 9.17) is 4.74 Å². The van der Waals surface area contributed by atoms with Crippen LogP contribution in [0.2, 0.25) is 0 Å². The Labute approximate surface area is 87.7 Å². The zero-order valence-corrected chi connectivity index (χ0v) is 8.65. The third kappa shape index (κ3) is 1.68. The predicted molar refractivity (Wildman–Crippen MR) is 58.3 cm³/mol. The summed E-state index contributed by atoms with van der Waals surface area (Å²) in [6.07, 6.45) is 3.32. The predicted octanol–water partition coefficient (Wildman–Crippen LogP) is 2.45. The average molecular weight is 201 g/mol. The number of hydrogen-bond donors (Lipinski definition) is 0. The lowest BCUT2D eigenvalue weighted by Crippen LogP contribution is -1.95. The second kappa shape index (κ2) is 3.69. The van der Waals surface area contributed by atoms with E-state index in [-0.39, 0.29) is 5.78 Å². The number of rotatable bonds is 2. The molecule has 2 rings (SSSR count). The normalized spacial score (nSPS) is 10.3. The Hall–Kier alpha value is -1.90. The van der Waals surface area contributed by atoms with E-state index in [1.54, 1.807) is 26.4 Å². The van der Waals surface area contributed by atoms with Crippen LogP contribution < -0.4 is 4.74 Å². The molecule has 0 atom stereocenters. The van der Waals surface area contributed by atoms with Gasteiger partial charge in [0, 0.05) is 23.3 Å². The molecule has 2 aromatic rings. The molecule has 0 aliphatic rings. The van der Waals surface area contributed by atoms with Gasteiger partial charge in [0.25, 0.3) is 0 Å². The van der Waals surface area contributed by atoms with Crippen LogP contribution in [0.3, 0.4) is 0 Å². The Morgan fingerprint density at radius 2 is 2.13 bits per heavy atom. The molecule has 15 heavy (non-hydrogen) atoms. The Bertz CT molecular complexity index is 520. The zero-order valence-electron chi connectivity index (χ0n) is 8.65. The number of carbonyl (C=O) groups excluding carboxylic acids is 1. The van der Waals surface area contributed by atoms with Gasteiger partial charge in [-0.15, -0.1) is 0 Å². The smallest absolute Gasteiger partial charge is 0.161 e. The van der Waals surface area contributed by atoms with Gasteiger partial charge < -0.3 is 4.74 Å². The molecule has 76 valence electrons. The summed E-state index contributed by atoms with van der Waals surface area (Å²) in [6.45, 7) is 1.54. The average Bonchev–Trinajstić information content (AvgIpc) is 2.27. The van der Waals surface area contributed by atoms with Crippen molar-refractivity contribution < 1.29 is 9.53 Å². The summed E-state index contributed by atoms with van der Waals surface area (Å²) in [5.41, 5.74) is 0.648. The Kier molecular flexibility index (Phi) is 2.37. The summed E-state index contributed by atoms with van der Waals surface area (Å²) >= 11 is 0. The maximum atomic E-state index is 11.3. The van der Waals surface area contributed by atoms with Crippen LogP contribution in [0.15, 0.2) is 30.6 Å². The van der Waals surface area contributed by atoms with E-state index in [0.29, 0.717) is 5.56 Å². The Morgan fingerprint density at radius 1 is 1.33 bits per heavy atom. The molecular formula is C12H11NO2. The molecule has 0 N–H and O–H groups in total. The SMILES string of the molecule is COc1ccc2c(C(C)=O)cncc2c1. The minimum atomic E-state index is 0.0262. The van der Waals surface area contributed by atoms with Gasteiger partial charge in [-0.25, -0.2) is 0 Å². The first-order valence-electron chi connectivity index (χ1n) is 4.65. The van der Waals surface area contributed by atoms with Crippen molar-refractivity contribution in [2.45, 2.75) is 6.92 Å². The molecule has 3 nitrogen and oxygen atoms in total. The van der Waals surface area contributed by atoms with Gasteiger partial charge >= 0.3 is 0 Å². The lowest BCUT2D eigenvalue weighted by Gasteiger charge is -2.04. The molecule has 0 saturated heterocycles. The number of fused-ring (bicyclic) bond motifs is 1. The molecule has 0 amide bonds. The molecule has 0 bridgehead atoms. The number of nitrogens with zero attached hydrogens (tertiary/aromatic N) is 1. The summed E-state index contributed by atoms with van der Waals surface area (Å²) in [7, 11) is 1.61. The summed E-state index contributed by atoms with van der Waals surface area (Å²) in [5, 5.41) is 1.83. The van der Waals surface area contributed by atoms with Gasteiger partial charge in [-0.05, 0) is 30.5 Å². The fraction of sp³-hybridized carbons (Fsp3) is 0.167. The van der Waals surface area contributed by atoms with Gasteiger partial charge in [0.05, 0.1) is 7.11 Å². The standard InChI is InChI=1S/C12H11NO2/c1-8(14)12-7-13-6-9-5-10(15-2)3-4-11(9)12/h3-7H,1-2H3. The quantitative estimate of drug-likeness (QED) is 0.700. The zero-order chi connectivity index (χ0) is 10.8. The Balaban J connectivity index is 2.72. The number of methoxy groups -OCH3 is 1. The molecule has 3 heteroatoms. The molecule has 0 saturated carbocycles. The van der Waals surface area contributed by atoms with Crippen LogP contribution in [-0.4, -0.2) is 17.9 Å². The summed E-state index contributed by atoms with van der Waals surface area (Å²) in [4.78, 5) is 15.4. The third-order valence-electron chi connectivity index (χ3n) is 2.35. The van der Waals surface area contributed by atoms with Gasteiger partial charge in [0.15, 0.2) is 5.78 Å². The largest absolute Gasteiger partial charge is 0.497 e. The van der Waals surface area contributed by atoms with E-state index < -0.39 is 0 Å². The first-order valence-corrected chi connectivity index (χ1v) is 4.65. The van der Waals surface area contributed by atoms with Gasteiger partial charge in [-0.1, -0.05) is 0 Å². The lowest BCUT2D eigenvalue weighted by molar-refractivity contribution is 0.101. The first-order chi connectivity index (χ1) is 7.22. The minimum Gasteiger partial charge on any atom is -0.497 e. The monoisotopic (exact) mass is 201 g/mol. The maximum absolute atomic E-state index is 11.3. The van der Waals surface area contributed by atoms with Crippen molar-refractivity contribution in [2.75, 3.05) is 7.11 Å². The maximum Gasteiger partial charge on any atom is 0.161 e. The first kappa shape index (κ1) is 9.65. The second-order valence-electron chi connectivity index (χ2n) is 3.33. The number of ketones is 1. The molecule has 0 aliphatic carbocycles. The molecular weight excluding hydrogens is 190 g/mol. The van der Waals surface area contributed by atoms with Crippen molar-refractivity contribution in [3.05, 3.63) is 36.2 Å². The molecule has 0 radical (unpaired) electrons. The van der Waals surface area contributed by atoms with Gasteiger partial charge in [-0.2, -0.15) is 0 Å². The van der Waals surface area contributed by atoms with Crippen molar-refractivity contribution in [1.82, 2.24) is 4.98 Å². The van der Waals surface area contributed by atoms with Crippen LogP contribution >= 0.6 is 0 Å². The third-order valence-corrected chi connectivity index (χ3v) is 2.35. The summed E-state index contributed by atoms with van der Waals surface area (Å²) in [5.74, 6) is 0.795. The van der Waals surface area contributed by atoms with Crippen molar-refractivity contribution >= 4 is 16.6 Å². The van der Waals surface area contributed by atoms with E-state index in [2.05, 4.69) is 4.98 Å². The van der Waals surface area contributed by atoms with Crippen LogP contribution in [0.5, 0.6) is 5.75 Å². The van der Waals surface area contributed by atoms with Crippen molar-refractivity contribution in [1.29, 1.82) is 0 Å². The number of carbonyl (C=O) groups is 1. The van der Waals surface area contributed by atoms with Crippen molar-refractivity contribution in [3.8, 4) is 5.75 Å². The molecule has 1 aromatic heterocycles. The van der Waals surface area contributed by atoms with Gasteiger partial charge in [-0.3, -0.25) is 9.78 Å². The van der Waals surface area contributed by atoms with Gasteiger partial charge in [0.2, 0.25) is 0 Å². The highest BCUT2D eigenvalue weighted by atomic mass is 16.5. The molecule has 0 spiro atoms. The molecule has 1 heterocycles. The topological polar surface area (TPSA) is 39.2 Å². The summed E-state index contributed by atoms with van der Waals surface area (Å²) < 4.78 is 5.11. The summed E-state index contributed by atoms with van der Waals surface area (Å²) in [6, 6.07) is 5.59. The number of ether oxygens (including phenoxy) is 1. The minimum absolute atomic E-state index is 0.0262. The number of aromatic nitrogens is 1. The van der Waals surface area contributed by atoms with Crippen LogP contribution in [-0.2, 0) is 0 Å². The van der Waals surface area contributed by atoms with Crippen LogP contribution in [0, 0.1) is 0 Å². The fourth-order valence-electron chi connectivity index (χ4n) is 1.56. The lowest BCUT2D eigenvalue weighted by atomic mass is 10.1. The van der Waals surface area contributed by atoms with Crippen LogP contribution in [0.1, 0.15) is 17.3 Å². The molecule has 0 aliphatic heterocycles. The fourth-order valence-corrected chi connectivity index (χ4v) is 1.56. The number of hydrogen-bond acceptors (Lipinski definition) is 3. The van der Waals surface area contributed by atoms with Crippen molar-refractivity contribution in [2.24, 2.45) is 0 Å². The number of benzene rings is 1. The van der Waals surface area contributed by atoms with E-state index in [1.807, 2.05) is 18.2 Å². The highest BCUT2D eigenvalue weighted by Crippen LogP contribution is 2.22. The van der Waals surface area contributed by atoms with Crippen LogP contribution in [0.4, 0.5) is 0 Å². The van der Waals surface area contributed by atoms with E-state index in [0.717, 1.165) is 16.5 Å². The van der Waals surface area contributed by atoms with E-state index in [1.165, 1.54) is 0 Å². The second-order valence-corrected chi connectivity index (χ2v) is 3.33. The Morgan fingerprint density at radius 3 is 2.80 bits per heavy atom. The molecule has 0 unspecified atom stereocenters. The van der Waals surface area contributed by atoms with E-state index >= 15 is 0 Å². The number of pyridine rings is 1. The highest BCUT2D eigenvalue weighted by Gasteiger charge is 2.06. The van der Waals surface area contributed by atoms with Gasteiger partial charge in [0.1, 0.15) is 5.75 Å². The molecule has 1 aromatic carbocycles. The van der Waals surface area contributed by atoms with Crippen LogP contribution in [0.25, 0.3) is 10.8 Å². The molecule has 0 fully saturated rings.